The Morgan fingerprint density at radius 2 is 1.73 bits per heavy atom. The number of nitrogens with one attached hydrogen (secondary N) is 2. The number of hydrogen-bond acceptors (Lipinski definition) is 3. The third-order valence-corrected chi connectivity index (χ3v) is 5.46. The van der Waals surface area contributed by atoms with Gasteiger partial charge in [0.15, 0.2) is 0 Å². The van der Waals surface area contributed by atoms with Gasteiger partial charge in [0.25, 0.3) is 5.56 Å². The zero-order valence-electron chi connectivity index (χ0n) is 14.3. The van der Waals surface area contributed by atoms with Crippen LogP contribution in [0.15, 0.2) is 53.3 Å². The summed E-state index contributed by atoms with van der Waals surface area (Å²) >= 11 is 0. The van der Waals surface area contributed by atoms with Gasteiger partial charge in [0.2, 0.25) is 10.0 Å². The van der Waals surface area contributed by atoms with Gasteiger partial charge in [-0.2, -0.15) is 0 Å². The Bertz CT molecular complexity index is 1090. The van der Waals surface area contributed by atoms with E-state index in [1.54, 1.807) is 6.92 Å². The third kappa shape index (κ3) is 4.56. The second-order valence-electron chi connectivity index (χ2n) is 6.23. The number of H-pyrrole nitrogens is 1. The maximum atomic E-state index is 12.9. The molecule has 0 bridgehead atoms. The molecule has 0 saturated carbocycles. The van der Waals surface area contributed by atoms with E-state index in [1.165, 1.54) is 24.3 Å². The van der Waals surface area contributed by atoms with E-state index in [-0.39, 0.29) is 17.9 Å². The highest BCUT2D eigenvalue weighted by atomic mass is 32.2. The number of aryl methyl sites for hydroxylation is 1. The minimum Gasteiger partial charge on any atom is -0.322 e. The lowest BCUT2D eigenvalue weighted by atomic mass is 10.1. The molecule has 0 unspecified atom stereocenters. The summed E-state index contributed by atoms with van der Waals surface area (Å²) in [5.74, 6) is -0.585. The predicted octanol–water partition coefficient (Wildman–Crippen LogP) is 2.64. The van der Waals surface area contributed by atoms with Crippen LogP contribution in [0.1, 0.15) is 16.7 Å². The molecule has 2 aromatic carbocycles. The van der Waals surface area contributed by atoms with Gasteiger partial charge in [0, 0.05) is 17.6 Å². The molecule has 5 nitrogen and oxygen atoms in total. The maximum absolute atomic E-state index is 12.9. The lowest BCUT2D eigenvalue weighted by Gasteiger charge is -2.08. The predicted molar refractivity (Wildman–Crippen MR) is 100 cm³/mol. The zero-order valence-corrected chi connectivity index (χ0v) is 15.1. The molecule has 0 saturated heterocycles. The normalized spacial score (nSPS) is 11.8. The molecule has 0 amide bonds. The van der Waals surface area contributed by atoms with Gasteiger partial charge >= 0.3 is 0 Å². The first-order valence-corrected chi connectivity index (χ1v) is 9.82. The summed E-state index contributed by atoms with van der Waals surface area (Å²) in [6.07, 6.45) is 0.525. The van der Waals surface area contributed by atoms with Crippen LogP contribution in [0, 0.1) is 12.7 Å². The van der Waals surface area contributed by atoms with Crippen LogP contribution in [0.25, 0.3) is 10.9 Å². The largest absolute Gasteiger partial charge is 0.322 e. The first-order valence-electron chi connectivity index (χ1n) is 8.17. The van der Waals surface area contributed by atoms with Crippen molar-refractivity contribution in [1.29, 1.82) is 0 Å². The van der Waals surface area contributed by atoms with Crippen LogP contribution < -0.4 is 10.3 Å². The van der Waals surface area contributed by atoms with Crippen LogP contribution in [-0.4, -0.2) is 19.9 Å². The van der Waals surface area contributed by atoms with Crippen molar-refractivity contribution in [1.82, 2.24) is 9.71 Å². The Kier molecular flexibility index (Phi) is 5.20. The van der Waals surface area contributed by atoms with Crippen LogP contribution >= 0.6 is 0 Å². The smallest absolute Gasteiger partial charge is 0.251 e. The van der Waals surface area contributed by atoms with E-state index in [9.17, 15) is 17.6 Å². The molecule has 2 N–H and O–H groups in total. The third-order valence-electron chi connectivity index (χ3n) is 4.10. The number of hydrogen-bond donors (Lipinski definition) is 2. The van der Waals surface area contributed by atoms with Gasteiger partial charge in [-0.1, -0.05) is 18.2 Å². The van der Waals surface area contributed by atoms with Gasteiger partial charge in [-0.3, -0.25) is 4.79 Å². The highest BCUT2D eigenvalue weighted by Crippen LogP contribution is 2.14. The van der Waals surface area contributed by atoms with E-state index < -0.39 is 15.8 Å². The molecular formula is C19H19FN2O3S. The fourth-order valence-electron chi connectivity index (χ4n) is 2.72. The quantitative estimate of drug-likeness (QED) is 0.696. The Morgan fingerprint density at radius 3 is 2.46 bits per heavy atom. The molecule has 7 heteroatoms. The monoisotopic (exact) mass is 374 g/mol. The molecule has 1 aromatic heterocycles. The minimum atomic E-state index is -3.49. The number of halogens is 1. The number of aromatic nitrogens is 1. The molecule has 0 radical (unpaired) electrons. The molecule has 3 rings (SSSR count). The van der Waals surface area contributed by atoms with Gasteiger partial charge in [0.05, 0.1) is 5.75 Å². The average Bonchev–Trinajstić information content (AvgIpc) is 2.58. The SMILES string of the molecule is Cc1cc2cc(CCNS(=O)(=O)Cc3ccc(F)cc3)ccc2[nH]c1=O. The summed E-state index contributed by atoms with van der Waals surface area (Å²) in [6.45, 7) is 2.01. The van der Waals surface area contributed by atoms with Crippen molar-refractivity contribution >= 4 is 20.9 Å². The maximum Gasteiger partial charge on any atom is 0.251 e. The highest BCUT2D eigenvalue weighted by Gasteiger charge is 2.11. The number of benzene rings is 2. The second kappa shape index (κ2) is 7.39. The topological polar surface area (TPSA) is 79.0 Å². The molecule has 1 heterocycles. The Labute approximate surface area is 150 Å². The van der Waals surface area contributed by atoms with Crippen molar-refractivity contribution in [2.24, 2.45) is 0 Å². The summed E-state index contributed by atoms with van der Waals surface area (Å²) in [5.41, 5.74) is 2.77. The van der Waals surface area contributed by atoms with E-state index in [2.05, 4.69) is 9.71 Å². The van der Waals surface area contributed by atoms with E-state index >= 15 is 0 Å². The van der Waals surface area contributed by atoms with Crippen molar-refractivity contribution in [2.45, 2.75) is 19.1 Å². The average molecular weight is 374 g/mol. The molecule has 0 spiro atoms. The van der Waals surface area contributed by atoms with Gasteiger partial charge in [-0.15, -0.1) is 0 Å². The van der Waals surface area contributed by atoms with Crippen LogP contribution in [-0.2, 0) is 22.2 Å². The molecule has 3 aromatic rings. The van der Waals surface area contributed by atoms with Crippen LogP contribution in [0.5, 0.6) is 0 Å². The van der Waals surface area contributed by atoms with Crippen LogP contribution in [0.3, 0.4) is 0 Å². The minimum absolute atomic E-state index is 0.112. The second-order valence-corrected chi connectivity index (χ2v) is 8.04. The molecule has 0 aliphatic rings. The molecule has 26 heavy (non-hydrogen) atoms. The molecule has 0 atom stereocenters. The molecule has 0 fully saturated rings. The fourth-order valence-corrected chi connectivity index (χ4v) is 3.87. The lowest BCUT2D eigenvalue weighted by molar-refractivity contribution is 0.580. The van der Waals surface area contributed by atoms with Crippen molar-refractivity contribution in [2.75, 3.05) is 6.54 Å². The lowest BCUT2D eigenvalue weighted by Crippen LogP contribution is -2.27. The number of pyridine rings is 1. The number of fused-ring (bicyclic) bond motifs is 1. The van der Waals surface area contributed by atoms with Gasteiger partial charge in [-0.25, -0.2) is 17.5 Å². The first kappa shape index (κ1) is 18.3. The van der Waals surface area contributed by atoms with Crippen molar-refractivity contribution < 1.29 is 12.8 Å². The zero-order chi connectivity index (χ0) is 18.7. The Hall–Kier alpha value is -2.51. The van der Waals surface area contributed by atoms with Crippen LogP contribution in [0.2, 0.25) is 0 Å². The van der Waals surface area contributed by atoms with Crippen LogP contribution in [0.4, 0.5) is 4.39 Å². The highest BCUT2D eigenvalue weighted by molar-refractivity contribution is 7.88. The number of aromatic amines is 1. The van der Waals surface area contributed by atoms with Gasteiger partial charge < -0.3 is 4.98 Å². The fraction of sp³-hybridized carbons (Fsp3) is 0.211. The molecule has 0 aliphatic heterocycles. The Morgan fingerprint density at radius 1 is 1.04 bits per heavy atom. The summed E-state index contributed by atoms with van der Waals surface area (Å²) in [4.78, 5) is 14.4. The first-order chi connectivity index (χ1) is 12.3. The van der Waals surface area contributed by atoms with Gasteiger partial charge in [0.1, 0.15) is 5.82 Å². The van der Waals surface area contributed by atoms with E-state index in [4.69, 9.17) is 0 Å². The summed E-state index contributed by atoms with van der Waals surface area (Å²) < 4.78 is 39.7. The summed E-state index contributed by atoms with van der Waals surface area (Å²) in [7, 11) is -3.49. The molecule has 0 aliphatic carbocycles. The number of rotatable bonds is 6. The summed E-state index contributed by atoms with van der Waals surface area (Å²) in [6, 6.07) is 12.8. The van der Waals surface area contributed by atoms with E-state index in [0.29, 0.717) is 17.5 Å². The number of sulfonamides is 1. The van der Waals surface area contributed by atoms with E-state index in [1.807, 2.05) is 24.3 Å². The molecular weight excluding hydrogens is 355 g/mol. The standard InChI is InChI=1S/C19H19FN2O3S/c1-13-10-16-11-14(4-7-18(16)22-19(13)23)8-9-21-26(24,25)12-15-2-5-17(20)6-3-15/h2-7,10-11,21H,8-9,12H2,1H3,(H,22,23). The van der Waals surface area contributed by atoms with Crippen molar-refractivity contribution in [3.63, 3.8) is 0 Å². The van der Waals surface area contributed by atoms with Crippen molar-refractivity contribution in [3.05, 3.63) is 81.4 Å². The molecule has 136 valence electrons. The Balaban J connectivity index is 1.63. The van der Waals surface area contributed by atoms with Gasteiger partial charge in [-0.05, 0) is 60.2 Å². The summed E-state index contributed by atoms with van der Waals surface area (Å²) in [5, 5.41) is 0.911. The van der Waals surface area contributed by atoms with E-state index in [0.717, 1.165) is 16.5 Å². The van der Waals surface area contributed by atoms with Crippen molar-refractivity contribution in [3.8, 4) is 0 Å².